The Kier molecular flexibility index (Phi) is 10.1. The van der Waals surface area contributed by atoms with E-state index in [1.807, 2.05) is 87.5 Å². The second-order valence-electron chi connectivity index (χ2n) is 9.35. The fourth-order valence-electron chi connectivity index (χ4n) is 4.21. The van der Waals surface area contributed by atoms with Crippen molar-refractivity contribution in [1.29, 1.82) is 0 Å². The highest BCUT2D eigenvalue weighted by atomic mass is 16.5. The summed E-state index contributed by atoms with van der Waals surface area (Å²) >= 11 is 0. The van der Waals surface area contributed by atoms with E-state index in [1.165, 1.54) is 0 Å². The number of carbonyl (C=O) groups excluding carboxylic acids is 2. The number of ether oxygens (including phenoxy) is 1. The number of unbranched alkanes of at least 4 members (excludes halogenated alkanes) is 1. The van der Waals surface area contributed by atoms with Gasteiger partial charge in [-0.25, -0.2) is 0 Å². The predicted molar refractivity (Wildman–Crippen MR) is 145 cm³/mol. The zero-order chi connectivity index (χ0) is 25.9. The first-order chi connectivity index (χ1) is 17.4. The molecule has 0 aliphatic heterocycles. The molecule has 0 heterocycles. The van der Waals surface area contributed by atoms with Crippen LogP contribution in [-0.2, 0) is 22.6 Å². The smallest absolute Gasteiger partial charge is 0.261 e. The maximum absolute atomic E-state index is 13.7. The van der Waals surface area contributed by atoms with Crippen LogP contribution in [-0.4, -0.2) is 35.9 Å². The van der Waals surface area contributed by atoms with E-state index in [0.29, 0.717) is 25.3 Å². The molecule has 0 aliphatic carbocycles. The minimum absolute atomic E-state index is 0.135. The molecule has 0 saturated carbocycles. The molecule has 0 fully saturated rings. The quantitative estimate of drug-likeness (QED) is 0.342. The second-order valence-corrected chi connectivity index (χ2v) is 9.35. The Hall–Kier alpha value is -3.60. The SMILES string of the molecule is CCCCNC(=O)[C@H](Cc1ccccc1)N(Cc1ccccc1)C(=O)COc1cc(C)cc(C)c1C. The minimum Gasteiger partial charge on any atom is -0.483 e. The first-order valence-electron chi connectivity index (χ1n) is 12.7. The highest BCUT2D eigenvalue weighted by Crippen LogP contribution is 2.24. The van der Waals surface area contributed by atoms with Crippen LogP contribution in [0.2, 0.25) is 0 Å². The van der Waals surface area contributed by atoms with E-state index < -0.39 is 6.04 Å². The standard InChI is InChI=1S/C31H38N2O3/c1-5-6-17-32-31(35)28(20-26-13-9-7-10-14-26)33(21-27-15-11-8-12-16-27)30(34)22-36-29-19-23(2)18-24(3)25(29)4/h7-16,18-19,28H,5-6,17,20-22H2,1-4H3,(H,32,35)/t28-/m0/s1. The summed E-state index contributed by atoms with van der Waals surface area (Å²) < 4.78 is 6.03. The normalized spacial score (nSPS) is 11.6. The number of benzene rings is 3. The van der Waals surface area contributed by atoms with E-state index in [2.05, 4.69) is 18.3 Å². The number of amides is 2. The Morgan fingerprint density at radius 3 is 2.19 bits per heavy atom. The van der Waals surface area contributed by atoms with Crippen LogP contribution in [0.15, 0.2) is 72.8 Å². The summed E-state index contributed by atoms with van der Waals surface area (Å²) in [6.45, 7) is 8.92. The topological polar surface area (TPSA) is 58.6 Å². The molecular formula is C31H38N2O3. The van der Waals surface area contributed by atoms with Crippen LogP contribution >= 0.6 is 0 Å². The van der Waals surface area contributed by atoms with Gasteiger partial charge in [-0.15, -0.1) is 0 Å². The lowest BCUT2D eigenvalue weighted by atomic mass is 10.0. The van der Waals surface area contributed by atoms with Crippen molar-refractivity contribution in [1.82, 2.24) is 10.2 Å². The van der Waals surface area contributed by atoms with Crippen molar-refractivity contribution in [3.63, 3.8) is 0 Å². The van der Waals surface area contributed by atoms with Crippen LogP contribution in [0, 0.1) is 20.8 Å². The van der Waals surface area contributed by atoms with E-state index in [1.54, 1.807) is 4.90 Å². The zero-order valence-corrected chi connectivity index (χ0v) is 21.9. The predicted octanol–water partition coefficient (Wildman–Crippen LogP) is 5.55. The number of nitrogens with one attached hydrogen (secondary N) is 1. The van der Waals surface area contributed by atoms with Gasteiger partial charge in [-0.1, -0.05) is 80.1 Å². The fourth-order valence-corrected chi connectivity index (χ4v) is 4.21. The average Bonchev–Trinajstić information content (AvgIpc) is 2.88. The Morgan fingerprint density at radius 2 is 1.56 bits per heavy atom. The van der Waals surface area contributed by atoms with Gasteiger partial charge in [-0.05, 0) is 61.1 Å². The largest absolute Gasteiger partial charge is 0.483 e. The molecule has 5 heteroatoms. The molecule has 0 radical (unpaired) electrons. The molecule has 1 atom stereocenters. The number of hydrogen-bond donors (Lipinski definition) is 1. The molecule has 0 aromatic heterocycles. The fraction of sp³-hybridized carbons (Fsp3) is 0.355. The number of nitrogens with zero attached hydrogens (tertiary/aromatic N) is 1. The van der Waals surface area contributed by atoms with E-state index in [4.69, 9.17) is 4.74 Å². The monoisotopic (exact) mass is 486 g/mol. The molecule has 190 valence electrons. The highest BCUT2D eigenvalue weighted by Gasteiger charge is 2.30. The summed E-state index contributed by atoms with van der Waals surface area (Å²) in [5.74, 6) is 0.343. The number of carbonyl (C=O) groups is 2. The summed E-state index contributed by atoms with van der Waals surface area (Å²) in [5.41, 5.74) is 5.19. The molecule has 0 bridgehead atoms. The molecule has 2 amide bonds. The van der Waals surface area contributed by atoms with Crippen molar-refractivity contribution in [2.75, 3.05) is 13.2 Å². The van der Waals surface area contributed by atoms with Gasteiger partial charge < -0.3 is 15.0 Å². The van der Waals surface area contributed by atoms with Crippen LogP contribution in [0.1, 0.15) is 47.6 Å². The highest BCUT2D eigenvalue weighted by molar-refractivity contribution is 5.88. The molecule has 36 heavy (non-hydrogen) atoms. The average molecular weight is 487 g/mol. The van der Waals surface area contributed by atoms with E-state index in [0.717, 1.165) is 40.7 Å². The van der Waals surface area contributed by atoms with Crippen molar-refractivity contribution < 1.29 is 14.3 Å². The lowest BCUT2D eigenvalue weighted by Gasteiger charge is -2.31. The van der Waals surface area contributed by atoms with Gasteiger partial charge in [0.15, 0.2) is 6.61 Å². The van der Waals surface area contributed by atoms with E-state index >= 15 is 0 Å². The Morgan fingerprint density at radius 1 is 0.917 bits per heavy atom. The summed E-state index contributed by atoms with van der Waals surface area (Å²) in [6.07, 6.45) is 2.31. The van der Waals surface area contributed by atoms with Crippen LogP contribution in [0.3, 0.4) is 0 Å². The van der Waals surface area contributed by atoms with Crippen LogP contribution in [0.5, 0.6) is 5.75 Å². The first kappa shape index (κ1) is 27.0. The van der Waals surface area contributed by atoms with Gasteiger partial charge in [0.25, 0.3) is 5.91 Å². The van der Waals surface area contributed by atoms with Gasteiger partial charge in [-0.2, -0.15) is 0 Å². The van der Waals surface area contributed by atoms with E-state index in [9.17, 15) is 9.59 Å². The van der Waals surface area contributed by atoms with Gasteiger partial charge in [0, 0.05) is 19.5 Å². The third kappa shape index (κ3) is 7.70. The molecular weight excluding hydrogens is 448 g/mol. The third-order valence-corrected chi connectivity index (χ3v) is 6.41. The lowest BCUT2D eigenvalue weighted by molar-refractivity contribution is -0.142. The van der Waals surface area contributed by atoms with Crippen LogP contribution < -0.4 is 10.1 Å². The zero-order valence-electron chi connectivity index (χ0n) is 21.9. The summed E-state index contributed by atoms with van der Waals surface area (Å²) in [5, 5.41) is 3.05. The number of rotatable bonds is 12. The summed E-state index contributed by atoms with van der Waals surface area (Å²) in [6, 6.07) is 23.0. The Labute approximate surface area is 215 Å². The van der Waals surface area contributed by atoms with Crippen molar-refractivity contribution in [2.45, 2.75) is 59.5 Å². The van der Waals surface area contributed by atoms with Gasteiger partial charge >= 0.3 is 0 Å². The number of aryl methyl sites for hydroxylation is 2. The molecule has 3 rings (SSSR count). The third-order valence-electron chi connectivity index (χ3n) is 6.41. The Balaban J connectivity index is 1.89. The maximum Gasteiger partial charge on any atom is 0.261 e. The van der Waals surface area contributed by atoms with Crippen LogP contribution in [0.4, 0.5) is 0 Å². The van der Waals surface area contributed by atoms with Crippen molar-refractivity contribution in [2.24, 2.45) is 0 Å². The summed E-state index contributed by atoms with van der Waals surface area (Å²) in [7, 11) is 0. The van der Waals surface area contributed by atoms with Gasteiger partial charge in [0.05, 0.1) is 0 Å². The second kappa shape index (κ2) is 13.5. The Bertz CT molecular complexity index is 1130. The number of hydrogen-bond acceptors (Lipinski definition) is 3. The molecule has 0 spiro atoms. The molecule has 1 N–H and O–H groups in total. The van der Waals surface area contributed by atoms with Crippen molar-refractivity contribution >= 4 is 11.8 Å². The molecule has 0 unspecified atom stereocenters. The van der Waals surface area contributed by atoms with Gasteiger partial charge in [0.2, 0.25) is 5.91 Å². The first-order valence-corrected chi connectivity index (χ1v) is 12.7. The summed E-state index contributed by atoms with van der Waals surface area (Å²) in [4.78, 5) is 28.8. The van der Waals surface area contributed by atoms with Crippen LogP contribution in [0.25, 0.3) is 0 Å². The van der Waals surface area contributed by atoms with Crippen molar-refractivity contribution in [3.05, 3.63) is 101 Å². The van der Waals surface area contributed by atoms with Gasteiger partial charge in [0.1, 0.15) is 11.8 Å². The van der Waals surface area contributed by atoms with E-state index in [-0.39, 0.29) is 18.4 Å². The molecule has 3 aromatic carbocycles. The lowest BCUT2D eigenvalue weighted by Crippen LogP contribution is -2.51. The molecule has 0 aliphatic rings. The van der Waals surface area contributed by atoms with Crippen molar-refractivity contribution in [3.8, 4) is 5.75 Å². The molecule has 0 saturated heterocycles. The molecule has 3 aromatic rings. The molecule has 5 nitrogen and oxygen atoms in total. The van der Waals surface area contributed by atoms with Gasteiger partial charge in [-0.3, -0.25) is 9.59 Å². The maximum atomic E-state index is 13.7. The minimum atomic E-state index is -0.652.